The quantitative estimate of drug-likeness (QED) is 0.334. The van der Waals surface area contributed by atoms with Crippen LogP contribution in [0.3, 0.4) is 0 Å². The van der Waals surface area contributed by atoms with E-state index >= 15 is 0 Å². The van der Waals surface area contributed by atoms with Gasteiger partial charge in [-0.05, 0) is 56.6 Å². The molecule has 0 aromatic carbocycles. The van der Waals surface area contributed by atoms with Crippen LogP contribution in [0.25, 0.3) is 0 Å². The highest BCUT2D eigenvalue weighted by atomic mass is 16.5. The molecule has 2 atom stereocenters. The van der Waals surface area contributed by atoms with Gasteiger partial charge in [0.2, 0.25) is 11.8 Å². The van der Waals surface area contributed by atoms with Crippen LogP contribution in [-0.2, 0) is 32.0 Å². The van der Waals surface area contributed by atoms with Crippen molar-refractivity contribution in [2.24, 2.45) is 5.92 Å². The number of piperidine rings is 1. The number of likely N-dealkylation sites (tertiary alicyclic amines) is 1. The average molecular weight is 503 g/mol. The highest BCUT2D eigenvalue weighted by Crippen LogP contribution is 2.21. The largest absolute Gasteiger partial charge is 0.480 e. The van der Waals surface area contributed by atoms with Crippen molar-refractivity contribution in [2.45, 2.75) is 83.1 Å². The number of aromatic nitrogens is 1. The topological polar surface area (TPSA) is 121 Å². The lowest BCUT2D eigenvalue weighted by Crippen LogP contribution is -2.49. The molecule has 3 rings (SSSR count). The molecule has 9 nitrogen and oxygen atoms in total. The van der Waals surface area contributed by atoms with Crippen molar-refractivity contribution in [3.8, 4) is 0 Å². The standard InChI is InChI=1S/C27H42N4O5/c1-36-18-15-24(32)31-17-8-10-21(19-31)26(33)30-23(27(34)35)12-6-4-2-3-5-11-22-14-13-20-9-7-16-28-25(20)29-22/h13-14,21,23H,2-12,15-19H2,1H3,(H,28,29)(H,30,33)(H,34,35). The van der Waals surface area contributed by atoms with Crippen molar-refractivity contribution in [2.75, 3.05) is 38.7 Å². The van der Waals surface area contributed by atoms with E-state index in [0.717, 1.165) is 75.8 Å². The van der Waals surface area contributed by atoms with Crippen LogP contribution in [0.2, 0.25) is 0 Å². The molecule has 2 amide bonds. The fraction of sp³-hybridized carbons (Fsp3) is 0.704. The second kappa shape index (κ2) is 14.8. The van der Waals surface area contributed by atoms with Gasteiger partial charge in [0.15, 0.2) is 0 Å². The fourth-order valence-electron chi connectivity index (χ4n) is 5.01. The number of carbonyl (C=O) groups excluding carboxylic acids is 2. The van der Waals surface area contributed by atoms with Gasteiger partial charge in [-0.15, -0.1) is 0 Å². The van der Waals surface area contributed by atoms with E-state index < -0.39 is 12.0 Å². The third kappa shape index (κ3) is 8.76. The Bertz CT molecular complexity index is 878. The number of fused-ring (bicyclic) bond motifs is 1. The summed E-state index contributed by atoms with van der Waals surface area (Å²) in [5, 5.41) is 15.7. The minimum Gasteiger partial charge on any atom is -0.480 e. The van der Waals surface area contributed by atoms with Crippen LogP contribution in [0.4, 0.5) is 5.82 Å². The predicted octanol–water partition coefficient (Wildman–Crippen LogP) is 3.17. The number of carboxylic acids is 1. The highest BCUT2D eigenvalue weighted by molar-refractivity contribution is 5.86. The third-order valence-electron chi connectivity index (χ3n) is 7.16. The predicted molar refractivity (Wildman–Crippen MR) is 138 cm³/mol. The van der Waals surface area contributed by atoms with E-state index in [2.05, 4.69) is 22.8 Å². The van der Waals surface area contributed by atoms with Gasteiger partial charge >= 0.3 is 5.97 Å². The molecule has 3 heterocycles. The van der Waals surface area contributed by atoms with Crippen molar-refractivity contribution in [3.05, 3.63) is 23.4 Å². The number of ether oxygens (including phenoxy) is 1. The summed E-state index contributed by atoms with van der Waals surface area (Å²) in [5.74, 6) is -0.611. The Morgan fingerprint density at radius 1 is 1.19 bits per heavy atom. The van der Waals surface area contributed by atoms with Gasteiger partial charge in [-0.2, -0.15) is 0 Å². The summed E-state index contributed by atoms with van der Waals surface area (Å²) in [6, 6.07) is 3.44. The number of anilines is 1. The Morgan fingerprint density at radius 3 is 2.81 bits per heavy atom. The van der Waals surface area contributed by atoms with Gasteiger partial charge in [-0.25, -0.2) is 9.78 Å². The number of rotatable bonds is 14. The van der Waals surface area contributed by atoms with Gasteiger partial charge in [-0.1, -0.05) is 31.7 Å². The summed E-state index contributed by atoms with van der Waals surface area (Å²) in [5.41, 5.74) is 2.43. The highest BCUT2D eigenvalue weighted by Gasteiger charge is 2.30. The molecule has 0 bridgehead atoms. The molecule has 2 aliphatic heterocycles. The zero-order valence-corrected chi connectivity index (χ0v) is 21.6. The van der Waals surface area contributed by atoms with E-state index in [1.807, 2.05) is 0 Å². The number of methoxy groups -OCH3 is 1. The number of aryl methyl sites for hydroxylation is 2. The molecule has 0 aliphatic carbocycles. The van der Waals surface area contributed by atoms with Crippen LogP contribution in [0.15, 0.2) is 12.1 Å². The summed E-state index contributed by atoms with van der Waals surface area (Å²) >= 11 is 0. The van der Waals surface area contributed by atoms with Crippen LogP contribution in [-0.4, -0.2) is 72.2 Å². The first kappa shape index (κ1) is 27.9. The molecule has 200 valence electrons. The van der Waals surface area contributed by atoms with E-state index in [0.29, 0.717) is 39.0 Å². The number of aliphatic carboxylic acids is 1. The summed E-state index contributed by atoms with van der Waals surface area (Å²) < 4.78 is 4.97. The second-order valence-corrected chi connectivity index (χ2v) is 9.97. The lowest BCUT2D eigenvalue weighted by atomic mass is 9.96. The van der Waals surface area contributed by atoms with Gasteiger partial charge in [0, 0.05) is 32.4 Å². The Labute approximate surface area is 214 Å². The number of amides is 2. The summed E-state index contributed by atoms with van der Waals surface area (Å²) in [7, 11) is 1.55. The monoisotopic (exact) mass is 502 g/mol. The van der Waals surface area contributed by atoms with E-state index in [9.17, 15) is 19.5 Å². The maximum absolute atomic E-state index is 12.7. The summed E-state index contributed by atoms with van der Waals surface area (Å²) in [4.78, 5) is 43.2. The molecule has 1 saturated heterocycles. The lowest BCUT2D eigenvalue weighted by molar-refractivity contribution is -0.144. The van der Waals surface area contributed by atoms with Crippen LogP contribution in [0.5, 0.6) is 0 Å². The molecule has 0 radical (unpaired) electrons. The first-order valence-electron chi connectivity index (χ1n) is 13.5. The molecule has 1 aromatic heterocycles. The molecule has 0 spiro atoms. The number of nitrogens with one attached hydrogen (secondary N) is 2. The molecule has 9 heteroatoms. The normalized spacial score (nSPS) is 18.1. The van der Waals surface area contributed by atoms with Gasteiger partial charge in [-0.3, -0.25) is 9.59 Å². The molecular weight excluding hydrogens is 460 g/mol. The van der Waals surface area contributed by atoms with Crippen molar-refractivity contribution in [1.82, 2.24) is 15.2 Å². The van der Waals surface area contributed by atoms with Gasteiger partial charge in [0.25, 0.3) is 0 Å². The molecule has 36 heavy (non-hydrogen) atoms. The van der Waals surface area contributed by atoms with Crippen molar-refractivity contribution < 1.29 is 24.2 Å². The minimum absolute atomic E-state index is 0.0248. The number of nitrogens with zero attached hydrogens (tertiary/aromatic N) is 2. The number of carboxylic acid groups (broad SMARTS) is 1. The summed E-state index contributed by atoms with van der Waals surface area (Å²) in [6.07, 6.45) is 10.2. The third-order valence-corrected chi connectivity index (χ3v) is 7.16. The molecule has 3 N–H and O–H groups in total. The van der Waals surface area contributed by atoms with E-state index in [-0.39, 0.29) is 17.7 Å². The van der Waals surface area contributed by atoms with Crippen LogP contribution in [0.1, 0.15) is 75.5 Å². The van der Waals surface area contributed by atoms with Crippen LogP contribution >= 0.6 is 0 Å². The van der Waals surface area contributed by atoms with Crippen LogP contribution < -0.4 is 10.6 Å². The second-order valence-electron chi connectivity index (χ2n) is 9.97. The number of pyridine rings is 1. The number of hydrogen-bond donors (Lipinski definition) is 3. The molecule has 1 fully saturated rings. The van der Waals surface area contributed by atoms with Crippen molar-refractivity contribution >= 4 is 23.6 Å². The first-order valence-corrected chi connectivity index (χ1v) is 13.5. The Kier molecular flexibility index (Phi) is 11.5. The Balaban J connectivity index is 1.32. The molecular formula is C27H42N4O5. The number of carbonyl (C=O) groups is 3. The molecule has 2 unspecified atom stereocenters. The van der Waals surface area contributed by atoms with Crippen LogP contribution in [0, 0.1) is 5.92 Å². The van der Waals surface area contributed by atoms with E-state index in [1.165, 1.54) is 5.56 Å². The van der Waals surface area contributed by atoms with E-state index in [1.54, 1.807) is 12.0 Å². The lowest BCUT2D eigenvalue weighted by Gasteiger charge is -2.32. The van der Waals surface area contributed by atoms with Crippen molar-refractivity contribution in [3.63, 3.8) is 0 Å². The van der Waals surface area contributed by atoms with Crippen molar-refractivity contribution in [1.29, 1.82) is 0 Å². The Hall–Kier alpha value is -2.68. The SMILES string of the molecule is COCCC(=O)N1CCCC(C(=O)NC(CCCCCCCc2ccc3c(n2)NCCC3)C(=O)O)C1. The molecule has 0 saturated carbocycles. The maximum atomic E-state index is 12.7. The van der Waals surface area contributed by atoms with E-state index in [4.69, 9.17) is 9.72 Å². The smallest absolute Gasteiger partial charge is 0.326 e. The first-order chi connectivity index (χ1) is 17.5. The van der Waals surface area contributed by atoms with Gasteiger partial charge < -0.3 is 25.4 Å². The van der Waals surface area contributed by atoms with Gasteiger partial charge in [0.05, 0.1) is 18.9 Å². The average Bonchev–Trinajstić information content (AvgIpc) is 2.90. The zero-order valence-electron chi connectivity index (χ0n) is 21.6. The minimum atomic E-state index is -1.00. The molecule has 2 aliphatic rings. The fourth-order valence-corrected chi connectivity index (χ4v) is 5.01. The summed E-state index contributed by atoms with van der Waals surface area (Å²) in [6.45, 7) is 2.33. The molecule has 1 aromatic rings. The maximum Gasteiger partial charge on any atom is 0.326 e. The Morgan fingerprint density at radius 2 is 2.00 bits per heavy atom. The number of hydrogen-bond acceptors (Lipinski definition) is 6. The zero-order chi connectivity index (χ0) is 25.8. The number of unbranched alkanes of at least 4 members (excludes halogenated alkanes) is 4. The van der Waals surface area contributed by atoms with Gasteiger partial charge in [0.1, 0.15) is 11.9 Å².